The lowest BCUT2D eigenvalue weighted by Crippen LogP contribution is -2.40. The monoisotopic (exact) mass is 262 g/mol. The maximum Gasteiger partial charge on any atom is 0.0681 e. The van der Waals surface area contributed by atoms with Crippen LogP contribution in [0.15, 0.2) is 24.3 Å². The van der Waals surface area contributed by atoms with Gasteiger partial charge in [0.05, 0.1) is 6.61 Å². The molecule has 106 valence electrons. The van der Waals surface area contributed by atoms with Crippen LogP contribution in [0.3, 0.4) is 0 Å². The minimum Gasteiger partial charge on any atom is -0.392 e. The zero-order valence-corrected chi connectivity index (χ0v) is 12.3. The molecule has 0 radical (unpaired) electrons. The second-order valence-corrected chi connectivity index (χ2v) is 5.90. The summed E-state index contributed by atoms with van der Waals surface area (Å²) in [7, 11) is 4.34. The third-order valence-electron chi connectivity index (χ3n) is 4.10. The van der Waals surface area contributed by atoms with Crippen LogP contribution in [0.4, 0.5) is 0 Å². The number of nitrogens with one attached hydrogen (secondary N) is 1. The molecule has 2 atom stereocenters. The zero-order valence-electron chi connectivity index (χ0n) is 12.3. The summed E-state index contributed by atoms with van der Waals surface area (Å²) in [6.07, 6.45) is 2.75. The Bertz CT molecular complexity index is 399. The third-order valence-corrected chi connectivity index (χ3v) is 4.10. The molecule has 1 fully saturated rings. The number of aliphatic hydroxyl groups excluding tert-OH is 1. The van der Waals surface area contributed by atoms with Crippen LogP contribution in [0.2, 0.25) is 0 Å². The predicted octanol–water partition coefficient (Wildman–Crippen LogP) is 2.17. The molecule has 2 N–H and O–H groups in total. The van der Waals surface area contributed by atoms with E-state index in [0.717, 1.165) is 18.0 Å². The number of hydrogen-bond acceptors (Lipinski definition) is 3. The Morgan fingerprint density at radius 2 is 2.11 bits per heavy atom. The van der Waals surface area contributed by atoms with Crippen molar-refractivity contribution in [3.8, 4) is 0 Å². The van der Waals surface area contributed by atoms with E-state index in [1.54, 1.807) is 0 Å². The smallest absolute Gasteiger partial charge is 0.0681 e. The fourth-order valence-electron chi connectivity index (χ4n) is 2.63. The second kappa shape index (κ2) is 6.51. The summed E-state index contributed by atoms with van der Waals surface area (Å²) in [4.78, 5) is 2.33. The van der Waals surface area contributed by atoms with Crippen LogP contribution >= 0.6 is 0 Å². The van der Waals surface area contributed by atoms with E-state index in [9.17, 15) is 5.11 Å². The predicted molar refractivity (Wildman–Crippen MR) is 79.0 cm³/mol. The van der Waals surface area contributed by atoms with Crippen LogP contribution in [0, 0.1) is 5.92 Å². The van der Waals surface area contributed by atoms with Crippen molar-refractivity contribution < 1.29 is 5.11 Å². The summed E-state index contributed by atoms with van der Waals surface area (Å²) in [5.41, 5.74) is 2.23. The molecule has 1 aromatic carbocycles. The quantitative estimate of drug-likeness (QED) is 0.790. The highest BCUT2D eigenvalue weighted by Crippen LogP contribution is 2.34. The first-order valence-electron chi connectivity index (χ1n) is 7.21. The van der Waals surface area contributed by atoms with Gasteiger partial charge in [-0.05, 0) is 50.9 Å². The van der Waals surface area contributed by atoms with Gasteiger partial charge in [0, 0.05) is 18.6 Å². The minimum atomic E-state index is 0.114. The second-order valence-electron chi connectivity index (χ2n) is 5.90. The summed E-state index contributed by atoms with van der Waals surface area (Å²) >= 11 is 0. The van der Waals surface area contributed by atoms with Gasteiger partial charge in [-0.1, -0.05) is 24.3 Å². The number of aliphatic hydroxyl groups is 1. The van der Waals surface area contributed by atoms with Gasteiger partial charge in [-0.3, -0.25) is 0 Å². The van der Waals surface area contributed by atoms with Gasteiger partial charge < -0.3 is 15.3 Å². The van der Waals surface area contributed by atoms with Gasteiger partial charge in [0.1, 0.15) is 0 Å². The van der Waals surface area contributed by atoms with Crippen LogP contribution in [0.25, 0.3) is 0 Å². The molecule has 19 heavy (non-hydrogen) atoms. The Balaban J connectivity index is 1.90. The number of nitrogens with zero attached hydrogens (tertiary/aromatic N) is 1. The van der Waals surface area contributed by atoms with E-state index in [4.69, 9.17) is 0 Å². The van der Waals surface area contributed by atoms with Crippen molar-refractivity contribution >= 4 is 0 Å². The van der Waals surface area contributed by atoms with Gasteiger partial charge in [0.2, 0.25) is 0 Å². The molecule has 1 saturated carbocycles. The summed E-state index contributed by atoms with van der Waals surface area (Å²) in [6, 6.07) is 9.15. The summed E-state index contributed by atoms with van der Waals surface area (Å²) in [5.74, 6) is 0.874. The molecular formula is C16H26N2O. The molecule has 1 aliphatic rings. The maximum atomic E-state index is 9.19. The first-order valence-corrected chi connectivity index (χ1v) is 7.21. The highest BCUT2D eigenvalue weighted by Gasteiger charge is 2.32. The van der Waals surface area contributed by atoms with Crippen molar-refractivity contribution in [1.82, 2.24) is 10.2 Å². The molecule has 1 aromatic rings. The number of rotatable bonds is 7. The molecule has 0 amide bonds. The molecule has 0 aliphatic heterocycles. The molecule has 1 aliphatic carbocycles. The Labute approximate surface area is 116 Å². The van der Waals surface area contributed by atoms with Crippen LogP contribution in [0.5, 0.6) is 0 Å². The van der Waals surface area contributed by atoms with Crippen molar-refractivity contribution in [2.75, 3.05) is 20.6 Å². The lowest BCUT2D eigenvalue weighted by Gasteiger charge is -2.26. The SMILES string of the molecule is CC(NCC(C1CC1)N(C)C)c1cccc(CO)c1. The van der Waals surface area contributed by atoms with Gasteiger partial charge in [0.15, 0.2) is 0 Å². The molecule has 0 spiro atoms. The van der Waals surface area contributed by atoms with Crippen molar-refractivity contribution in [1.29, 1.82) is 0 Å². The molecule has 2 unspecified atom stereocenters. The highest BCUT2D eigenvalue weighted by atomic mass is 16.3. The van der Waals surface area contributed by atoms with E-state index in [1.165, 1.54) is 18.4 Å². The van der Waals surface area contributed by atoms with Gasteiger partial charge in [0.25, 0.3) is 0 Å². The van der Waals surface area contributed by atoms with Crippen LogP contribution in [-0.4, -0.2) is 36.7 Å². The normalized spacial score (nSPS) is 18.6. The molecule has 0 heterocycles. The molecule has 0 saturated heterocycles. The third kappa shape index (κ3) is 4.03. The fraction of sp³-hybridized carbons (Fsp3) is 0.625. The average molecular weight is 262 g/mol. The molecule has 0 bridgehead atoms. The van der Waals surface area contributed by atoms with E-state index >= 15 is 0 Å². The first-order chi connectivity index (χ1) is 9.11. The standard InChI is InChI=1S/C16H26N2O/c1-12(15-6-4-5-13(9-15)11-19)17-10-16(18(2)3)14-7-8-14/h4-6,9,12,14,16-17,19H,7-8,10-11H2,1-3H3. The topological polar surface area (TPSA) is 35.5 Å². The van der Waals surface area contributed by atoms with Crippen molar-refractivity contribution in [3.63, 3.8) is 0 Å². The summed E-state index contributed by atoms with van der Waals surface area (Å²) in [5, 5.41) is 12.8. The zero-order chi connectivity index (χ0) is 13.8. The van der Waals surface area contributed by atoms with Crippen molar-refractivity contribution in [2.24, 2.45) is 5.92 Å². The van der Waals surface area contributed by atoms with E-state index in [1.807, 2.05) is 12.1 Å². The maximum absolute atomic E-state index is 9.19. The largest absolute Gasteiger partial charge is 0.392 e. The summed E-state index contributed by atoms with van der Waals surface area (Å²) in [6.45, 7) is 3.33. The van der Waals surface area contributed by atoms with E-state index in [-0.39, 0.29) is 6.61 Å². The molecule has 3 nitrogen and oxygen atoms in total. The Morgan fingerprint density at radius 3 is 2.68 bits per heavy atom. The molecule has 0 aromatic heterocycles. The van der Waals surface area contributed by atoms with Crippen LogP contribution < -0.4 is 5.32 Å². The minimum absolute atomic E-state index is 0.114. The van der Waals surface area contributed by atoms with Crippen LogP contribution in [-0.2, 0) is 6.61 Å². The van der Waals surface area contributed by atoms with Gasteiger partial charge in [-0.2, -0.15) is 0 Å². The van der Waals surface area contributed by atoms with Gasteiger partial charge >= 0.3 is 0 Å². The highest BCUT2D eigenvalue weighted by molar-refractivity contribution is 5.25. The Hall–Kier alpha value is -0.900. The van der Waals surface area contributed by atoms with Crippen molar-refractivity contribution in [2.45, 2.75) is 38.5 Å². The fourth-order valence-corrected chi connectivity index (χ4v) is 2.63. The van der Waals surface area contributed by atoms with E-state index in [0.29, 0.717) is 12.1 Å². The van der Waals surface area contributed by atoms with Crippen molar-refractivity contribution in [3.05, 3.63) is 35.4 Å². The lowest BCUT2D eigenvalue weighted by molar-refractivity contribution is 0.250. The molecular weight excluding hydrogens is 236 g/mol. The van der Waals surface area contributed by atoms with E-state index < -0.39 is 0 Å². The van der Waals surface area contributed by atoms with E-state index in [2.05, 4.69) is 43.4 Å². The lowest BCUT2D eigenvalue weighted by atomic mass is 10.0. The number of hydrogen-bond donors (Lipinski definition) is 2. The summed E-state index contributed by atoms with van der Waals surface area (Å²) < 4.78 is 0. The Kier molecular flexibility index (Phi) is 4.97. The average Bonchev–Trinajstić information content (AvgIpc) is 3.23. The van der Waals surface area contributed by atoms with Gasteiger partial charge in [-0.15, -0.1) is 0 Å². The Morgan fingerprint density at radius 1 is 1.37 bits per heavy atom. The van der Waals surface area contributed by atoms with Crippen LogP contribution in [0.1, 0.15) is 36.9 Å². The van der Waals surface area contributed by atoms with Gasteiger partial charge in [-0.25, -0.2) is 0 Å². The molecule has 3 heteroatoms. The molecule has 2 rings (SSSR count). The number of likely N-dealkylation sites (N-methyl/N-ethyl adjacent to an activating group) is 1. The first kappa shape index (κ1) is 14.5. The number of benzene rings is 1.